The van der Waals surface area contributed by atoms with Crippen molar-refractivity contribution in [2.45, 2.75) is 25.0 Å². The summed E-state index contributed by atoms with van der Waals surface area (Å²) in [4.78, 5) is 4.61. The lowest BCUT2D eigenvalue weighted by molar-refractivity contribution is 0.111. The van der Waals surface area contributed by atoms with Crippen LogP contribution in [0.5, 0.6) is 0 Å². The van der Waals surface area contributed by atoms with Crippen LogP contribution >= 0.6 is 22.9 Å². The van der Waals surface area contributed by atoms with Gasteiger partial charge in [0.2, 0.25) is 0 Å². The van der Waals surface area contributed by atoms with E-state index in [1.165, 1.54) is 11.3 Å². The Morgan fingerprint density at radius 2 is 2.04 bits per heavy atom. The summed E-state index contributed by atoms with van der Waals surface area (Å²) in [7, 11) is 0. The molecule has 128 valence electrons. The van der Waals surface area contributed by atoms with Gasteiger partial charge in [0, 0.05) is 22.6 Å². The van der Waals surface area contributed by atoms with Gasteiger partial charge in [-0.15, -0.1) is 11.3 Å². The first kappa shape index (κ1) is 16.7. The molecule has 3 aromatic rings. The van der Waals surface area contributed by atoms with Crippen LogP contribution in [0.4, 0.5) is 0 Å². The van der Waals surface area contributed by atoms with Gasteiger partial charge in [0.15, 0.2) is 0 Å². The Kier molecular flexibility index (Phi) is 4.86. The number of hydrogen-bond donors (Lipinski definition) is 1. The Morgan fingerprint density at radius 3 is 2.80 bits per heavy atom. The standard InChI is InChI=1S/C20H18ClNO2S/c21-16-8-6-13(7-9-16)20-22-17(12-25-20)19(23)15-4-1-3-14(11-15)18-5-2-10-24-18/h1,3-4,6-9,11-12,18-19,23H,2,5,10H2/t18-,19?/m1/s1. The van der Waals surface area contributed by atoms with Gasteiger partial charge in [-0.05, 0) is 36.1 Å². The molecule has 5 heteroatoms. The van der Waals surface area contributed by atoms with Gasteiger partial charge in [-0.3, -0.25) is 0 Å². The second-order valence-electron chi connectivity index (χ2n) is 6.16. The van der Waals surface area contributed by atoms with Gasteiger partial charge in [0.25, 0.3) is 0 Å². The maximum atomic E-state index is 10.7. The minimum Gasteiger partial charge on any atom is -0.382 e. The Hall–Kier alpha value is -1.72. The molecule has 0 radical (unpaired) electrons. The summed E-state index contributed by atoms with van der Waals surface area (Å²) in [5.74, 6) is 0. The molecule has 1 saturated heterocycles. The van der Waals surface area contributed by atoms with Crippen molar-refractivity contribution in [1.82, 2.24) is 4.98 Å². The molecule has 0 spiro atoms. The number of rotatable bonds is 4. The fraction of sp³-hybridized carbons (Fsp3) is 0.250. The van der Waals surface area contributed by atoms with Crippen molar-refractivity contribution >= 4 is 22.9 Å². The van der Waals surface area contributed by atoms with Crippen molar-refractivity contribution in [2.24, 2.45) is 0 Å². The number of halogens is 1. The molecule has 0 amide bonds. The van der Waals surface area contributed by atoms with Crippen molar-refractivity contribution in [1.29, 1.82) is 0 Å². The van der Waals surface area contributed by atoms with Crippen molar-refractivity contribution < 1.29 is 9.84 Å². The van der Waals surface area contributed by atoms with E-state index in [0.717, 1.165) is 41.1 Å². The molecule has 0 bridgehead atoms. The van der Waals surface area contributed by atoms with Crippen LogP contribution in [0.3, 0.4) is 0 Å². The maximum absolute atomic E-state index is 10.7. The summed E-state index contributed by atoms with van der Waals surface area (Å²) in [5.41, 5.74) is 3.64. The molecule has 1 aliphatic heterocycles. The molecule has 0 aliphatic carbocycles. The minimum atomic E-state index is -0.737. The molecule has 1 aliphatic rings. The normalized spacial score (nSPS) is 18.4. The number of nitrogens with zero attached hydrogens (tertiary/aromatic N) is 1. The monoisotopic (exact) mass is 371 g/mol. The number of aliphatic hydroxyl groups excluding tert-OH is 1. The van der Waals surface area contributed by atoms with E-state index >= 15 is 0 Å². The molecule has 1 unspecified atom stereocenters. The molecule has 2 aromatic carbocycles. The first-order valence-corrected chi connectivity index (χ1v) is 9.57. The third-order valence-corrected chi connectivity index (χ3v) is 5.58. The zero-order valence-electron chi connectivity index (χ0n) is 13.6. The van der Waals surface area contributed by atoms with E-state index in [-0.39, 0.29) is 6.10 Å². The van der Waals surface area contributed by atoms with E-state index in [0.29, 0.717) is 10.7 Å². The zero-order chi connectivity index (χ0) is 17.2. The van der Waals surface area contributed by atoms with E-state index in [4.69, 9.17) is 16.3 Å². The highest BCUT2D eigenvalue weighted by atomic mass is 35.5. The van der Waals surface area contributed by atoms with Gasteiger partial charge >= 0.3 is 0 Å². The van der Waals surface area contributed by atoms with E-state index in [2.05, 4.69) is 11.1 Å². The van der Waals surface area contributed by atoms with Crippen molar-refractivity contribution in [2.75, 3.05) is 6.61 Å². The van der Waals surface area contributed by atoms with Gasteiger partial charge in [-0.1, -0.05) is 48.0 Å². The molecule has 1 fully saturated rings. The van der Waals surface area contributed by atoms with Gasteiger partial charge in [-0.2, -0.15) is 0 Å². The van der Waals surface area contributed by atoms with Crippen LogP contribution in [-0.2, 0) is 4.74 Å². The molecule has 25 heavy (non-hydrogen) atoms. The second-order valence-corrected chi connectivity index (χ2v) is 7.45. The quantitative estimate of drug-likeness (QED) is 0.667. The molecule has 4 rings (SSSR count). The Labute approximate surface area is 155 Å². The van der Waals surface area contributed by atoms with Gasteiger partial charge in [-0.25, -0.2) is 4.98 Å². The highest BCUT2D eigenvalue weighted by molar-refractivity contribution is 7.13. The lowest BCUT2D eigenvalue weighted by Crippen LogP contribution is -2.03. The molecule has 1 aromatic heterocycles. The maximum Gasteiger partial charge on any atom is 0.123 e. The van der Waals surface area contributed by atoms with Crippen LogP contribution in [0, 0.1) is 0 Å². The third-order valence-electron chi connectivity index (χ3n) is 4.42. The van der Waals surface area contributed by atoms with Crippen LogP contribution < -0.4 is 0 Å². The summed E-state index contributed by atoms with van der Waals surface area (Å²) in [6.07, 6.45) is 1.54. The predicted molar refractivity (Wildman–Crippen MR) is 101 cm³/mol. The molecule has 3 nitrogen and oxygen atoms in total. The number of hydrogen-bond acceptors (Lipinski definition) is 4. The Morgan fingerprint density at radius 1 is 1.20 bits per heavy atom. The summed E-state index contributed by atoms with van der Waals surface area (Å²) in [6, 6.07) is 15.6. The van der Waals surface area contributed by atoms with Crippen LogP contribution in [0.2, 0.25) is 5.02 Å². The second kappa shape index (κ2) is 7.26. The van der Waals surface area contributed by atoms with Gasteiger partial charge in [0.05, 0.1) is 11.8 Å². The third kappa shape index (κ3) is 3.62. The summed E-state index contributed by atoms with van der Waals surface area (Å²) >= 11 is 7.46. The first-order valence-electron chi connectivity index (χ1n) is 8.31. The molecule has 1 N–H and O–H groups in total. The van der Waals surface area contributed by atoms with Crippen LogP contribution in [0.15, 0.2) is 53.9 Å². The largest absolute Gasteiger partial charge is 0.382 e. The van der Waals surface area contributed by atoms with E-state index < -0.39 is 6.10 Å². The first-order chi connectivity index (χ1) is 12.2. The summed E-state index contributed by atoms with van der Waals surface area (Å²) < 4.78 is 5.75. The van der Waals surface area contributed by atoms with Crippen molar-refractivity contribution in [3.63, 3.8) is 0 Å². The highest BCUT2D eigenvalue weighted by Crippen LogP contribution is 2.33. The smallest absolute Gasteiger partial charge is 0.123 e. The fourth-order valence-corrected chi connectivity index (χ4v) is 4.05. The number of thiazole rings is 1. The molecular formula is C20H18ClNO2S. The average molecular weight is 372 g/mol. The molecule has 2 atom stereocenters. The highest BCUT2D eigenvalue weighted by Gasteiger charge is 2.20. The van der Waals surface area contributed by atoms with E-state index in [9.17, 15) is 5.11 Å². The van der Waals surface area contributed by atoms with Crippen LogP contribution in [0.1, 0.15) is 41.9 Å². The van der Waals surface area contributed by atoms with Crippen LogP contribution in [-0.4, -0.2) is 16.7 Å². The topological polar surface area (TPSA) is 42.4 Å². The van der Waals surface area contributed by atoms with Gasteiger partial charge < -0.3 is 9.84 Å². The number of aromatic nitrogens is 1. The number of benzene rings is 2. The lowest BCUT2D eigenvalue weighted by Gasteiger charge is -2.14. The lowest BCUT2D eigenvalue weighted by atomic mass is 10.00. The average Bonchev–Trinajstić information content (AvgIpc) is 3.34. The fourth-order valence-electron chi connectivity index (χ4n) is 3.08. The Balaban J connectivity index is 1.58. The predicted octanol–water partition coefficient (Wildman–Crippen LogP) is 5.40. The minimum absolute atomic E-state index is 0.146. The molecule has 2 heterocycles. The van der Waals surface area contributed by atoms with E-state index in [1.807, 2.05) is 47.8 Å². The van der Waals surface area contributed by atoms with E-state index in [1.54, 1.807) is 0 Å². The SMILES string of the molecule is OC(c1cccc([C@H]2CCCO2)c1)c1csc(-c2ccc(Cl)cc2)n1. The summed E-state index contributed by atoms with van der Waals surface area (Å²) in [6.45, 7) is 0.813. The number of aliphatic hydroxyl groups is 1. The summed E-state index contributed by atoms with van der Waals surface area (Å²) in [5, 5.41) is 14.2. The molecule has 0 saturated carbocycles. The van der Waals surface area contributed by atoms with Crippen molar-refractivity contribution in [3.8, 4) is 10.6 Å². The van der Waals surface area contributed by atoms with Crippen LogP contribution in [0.25, 0.3) is 10.6 Å². The number of ether oxygens (including phenoxy) is 1. The molecular weight excluding hydrogens is 354 g/mol. The Bertz CT molecular complexity index is 856. The van der Waals surface area contributed by atoms with Crippen molar-refractivity contribution in [3.05, 3.63) is 75.8 Å². The van der Waals surface area contributed by atoms with Gasteiger partial charge in [0.1, 0.15) is 11.1 Å². The zero-order valence-corrected chi connectivity index (χ0v) is 15.1.